The Morgan fingerprint density at radius 1 is 1.03 bits per heavy atom. The Bertz CT molecular complexity index is 796. The smallest absolute Gasteiger partial charge is 0.136 e. The summed E-state index contributed by atoms with van der Waals surface area (Å²) in [5.41, 5.74) is -3.03. The van der Waals surface area contributed by atoms with E-state index in [1.807, 2.05) is 7.11 Å². The first-order valence-corrected chi connectivity index (χ1v) is 12.5. The first-order valence-electron chi connectivity index (χ1n) is 12.5. The zero-order valence-electron chi connectivity index (χ0n) is 20.4. The van der Waals surface area contributed by atoms with Crippen molar-refractivity contribution in [3.8, 4) is 0 Å². The number of rotatable bonds is 5. The van der Waals surface area contributed by atoms with Gasteiger partial charge in [0.1, 0.15) is 11.2 Å². The first-order chi connectivity index (χ1) is 15.2. The molecule has 6 aliphatic rings. The summed E-state index contributed by atoms with van der Waals surface area (Å²) in [7, 11) is 7.03. The molecular weight excluding hydrogens is 410 g/mol. The molecule has 7 heteroatoms. The highest BCUT2D eigenvalue weighted by Gasteiger charge is 2.91. The third-order valence-electron chi connectivity index (χ3n) is 11.5. The van der Waals surface area contributed by atoms with Gasteiger partial charge in [-0.25, -0.2) is 0 Å². The van der Waals surface area contributed by atoms with Crippen molar-refractivity contribution in [2.45, 2.75) is 81.2 Å². The summed E-state index contributed by atoms with van der Waals surface area (Å²) in [5.74, 6) is 0.398. The lowest BCUT2D eigenvalue weighted by atomic mass is 9.43. The fourth-order valence-corrected chi connectivity index (χ4v) is 11.0. The van der Waals surface area contributed by atoms with Gasteiger partial charge in [0.2, 0.25) is 0 Å². The molecule has 182 valence electrons. The van der Waals surface area contributed by atoms with Crippen LogP contribution < -0.4 is 0 Å². The number of aliphatic hydroxyl groups is 2. The predicted molar refractivity (Wildman–Crippen MR) is 117 cm³/mol. The highest BCUT2D eigenvalue weighted by molar-refractivity contribution is 5.41. The van der Waals surface area contributed by atoms with E-state index >= 15 is 0 Å². The van der Waals surface area contributed by atoms with Crippen LogP contribution in [0.5, 0.6) is 0 Å². The number of nitrogens with zero attached hydrogens (tertiary/aromatic N) is 1. The number of fused-ring (bicyclic) bond motifs is 2. The molecule has 32 heavy (non-hydrogen) atoms. The molecule has 5 saturated carbocycles. The van der Waals surface area contributed by atoms with E-state index in [1.54, 1.807) is 21.3 Å². The molecule has 0 aromatic heterocycles. The Balaban J connectivity index is 1.68. The SMILES string of the molecule is CCN1C[C@]2(C)CC[C@H](OC)[C@@]34[C@@H]5C[C@H]6[C@H](OC)[C@@H]5[C@](O)(C[C@@H]6OC)[C@@](O)([C@@H](OC)[C@H]23)[C@@H]14. The molecule has 6 rings (SSSR count). The Morgan fingerprint density at radius 2 is 1.78 bits per heavy atom. The van der Waals surface area contributed by atoms with Crippen LogP contribution in [-0.4, -0.2) is 98.3 Å². The molecule has 0 aromatic rings. The maximum Gasteiger partial charge on any atom is 0.136 e. The van der Waals surface area contributed by atoms with Crippen LogP contribution in [0.4, 0.5) is 0 Å². The van der Waals surface area contributed by atoms with Crippen LogP contribution >= 0.6 is 0 Å². The molecule has 1 saturated heterocycles. The molecule has 0 amide bonds. The van der Waals surface area contributed by atoms with Crippen molar-refractivity contribution in [1.82, 2.24) is 4.90 Å². The lowest BCUT2D eigenvalue weighted by Crippen LogP contribution is -2.81. The molecule has 1 aliphatic heterocycles. The first kappa shape index (κ1) is 22.2. The standard InChI is InChI=1S/C25H41NO6/c1-7-26-12-22(2)9-8-16(30-4)24-14-10-13-15(29-3)11-23(27,17(14)18(13)31-5)25(28,21(24)26)20(32-6)19(22)24/h13-21,27-28H,7-12H2,1-6H3/t13-,14-,15+,16+,17-,18+,19-,20+,21+,22+,23-,24+,25-/m1/s1. The normalized spacial score (nSPS) is 62.4. The number of piperidine rings is 1. The predicted octanol–water partition coefficient (Wildman–Crippen LogP) is 1.30. The maximum atomic E-state index is 13.0. The van der Waals surface area contributed by atoms with E-state index < -0.39 is 17.3 Å². The third kappa shape index (κ3) is 2.00. The summed E-state index contributed by atoms with van der Waals surface area (Å²) in [5, 5.41) is 25.7. The second-order valence-electron chi connectivity index (χ2n) is 12.0. The van der Waals surface area contributed by atoms with Crippen molar-refractivity contribution in [3.05, 3.63) is 0 Å². The summed E-state index contributed by atoms with van der Waals surface area (Å²) in [6, 6.07) is -0.202. The minimum atomic E-state index is -1.41. The van der Waals surface area contributed by atoms with E-state index in [2.05, 4.69) is 18.7 Å². The van der Waals surface area contributed by atoms with Gasteiger partial charge in [0.15, 0.2) is 0 Å². The molecule has 7 nitrogen and oxygen atoms in total. The van der Waals surface area contributed by atoms with Crippen LogP contribution in [0.15, 0.2) is 0 Å². The van der Waals surface area contributed by atoms with E-state index in [0.717, 1.165) is 32.4 Å². The van der Waals surface area contributed by atoms with Gasteiger partial charge < -0.3 is 29.2 Å². The van der Waals surface area contributed by atoms with Crippen molar-refractivity contribution in [2.75, 3.05) is 41.5 Å². The van der Waals surface area contributed by atoms with Crippen molar-refractivity contribution in [1.29, 1.82) is 0 Å². The average Bonchev–Trinajstić information content (AvgIpc) is 3.20. The molecule has 1 spiro atoms. The van der Waals surface area contributed by atoms with Gasteiger partial charge in [0, 0.05) is 64.6 Å². The minimum Gasteiger partial charge on any atom is -0.386 e. The lowest BCUT2D eigenvalue weighted by Gasteiger charge is -2.70. The van der Waals surface area contributed by atoms with Gasteiger partial charge >= 0.3 is 0 Å². The largest absolute Gasteiger partial charge is 0.386 e. The molecule has 0 unspecified atom stereocenters. The molecule has 1 heterocycles. The van der Waals surface area contributed by atoms with E-state index in [4.69, 9.17) is 18.9 Å². The molecule has 5 aliphatic carbocycles. The number of likely N-dealkylation sites (N-methyl/N-ethyl adjacent to an activating group) is 1. The fraction of sp³-hybridized carbons (Fsp3) is 1.00. The number of hydrogen-bond acceptors (Lipinski definition) is 7. The van der Waals surface area contributed by atoms with Crippen molar-refractivity contribution >= 4 is 0 Å². The quantitative estimate of drug-likeness (QED) is 0.652. The Morgan fingerprint density at radius 3 is 2.38 bits per heavy atom. The maximum absolute atomic E-state index is 13.0. The molecule has 6 fully saturated rings. The number of hydrogen-bond donors (Lipinski definition) is 2. The number of ether oxygens (including phenoxy) is 4. The molecular formula is C25H41NO6. The second kappa shape index (κ2) is 6.68. The van der Waals surface area contributed by atoms with Gasteiger partial charge in [-0.05, 0) is 37.1 Å². The zero-order valence-corrected chi connectivity index (χ0v) is 20.4. The lowest BCUT2D eigenvalue weighted by molar-refractivity contribution is -0.318. The monoisotopic (exact) mass is 451 g/mol. The van der Waals surface area contributed by atoms with Crippen LogP contribution in [0.25, 0.3) is 0 Å². The van der Waals surface area contributed by atoms with Crippen LogP contribution in [-0.2, 0) is 18.9 Å². The van der Waals surface area contributed by atoms with Crippen LogP contribution in [0, 0.1) is 34.5 Å². The van der Waals surface area contributed by atoms with Crippen LogP contribution in [0.3, 0.4) is 0 Å². The summed E-state index contributed by atoms with van der Waals surface area (Å²) >= 11 is 0. The Hall–Kier alpha value is -0.280. The third-order valence-corrected chi connectivity index (χ3v) is 11.5. The molecule has 0 aromatic carbocycles. The van der Waals surface area contributed by atoms with E-state index in [9.17, 15) is 10.2 Å². The van der Waals surface area contributed by atoms with Crippen LogP contribution in [0.2, 0.25) is 0 Å². The van der Waals surface area contributed by atoms with Crippen molar-refractivity contribution in [2.24, 2.45) is 34.5 Å². The highest BCUT2D eigenvalue weighted by atomic mass is 16.5. The number of likely N-dealkylation sites (tertiary alicyclic amines) is 1. The molecule has 7 bridgehead atoms. The van der Waals surface area contributed by atoms with Crippen LogP contribution in [0.1, 0.15) is 39.5 Å². The van der Waals surface area contributed by atoms with Crippen molar-refractivity contribution in [3.63, 3.8) is 0 Å². The van der Waals surface area contributed by atoms with Gasteiger partial charge in [-0.15, -0.1) is 0 Å². The molecule has 2 N–H and O–H groups in total. The molecule has 0 radical (unpaired) electrons. The fourth-order valence-electron chi connectivity index (χ4n) is 11.0. The Labute approximate surface area is 191 Å². The Kier molecular flexibility index (Phi) is 4.64. The summed E-state index contributed by atoms with van der Waals surface area (Å²) in [6.45, 7) is 6.33. The topological polar surface area (TPSA) is 80.6 Å². The minimum absolute atomic E-state index is 0.00298. The summed E-state index contributed by atoms with van der Waals surface area (Å²) < 4.78 is 24.6. The summed E-state index contributed by atoms with van der Waals surface area (Å²) in [6.07, 6.45) is 2.70. The summed E-state index contributed by atoms with van der Waals surface area (Å²) in [4.78, 5) is 2.46. The second-order valence-corrected chi connectivity index (χ2v) is 12.0. The molecule has 13 atom stereocenters. The average molecular weight is 452 g/mol. The van der Waals surface area contributed by atoms with E-state index in [1.165, 1.54) is 0 Å². The van der Waals surface area contributed by atoms with Gasteiger partial charge in [0.05, 0.1) is 30.5 Å². The van der Waals surface area contributed by atoms with E-state index in [0.29, 0.717) is 6.42 Å². The number of methoxy groups -OCH3 is 4. The van der Waals surface area contributed by atoms with Gasteiger partial charge in [-0.2, -0.15) is 0 Å². The van der Waals surface area contributed by atoms with E-state index in [-0.39, 0.29) is 58.9 Å². The zero-order chi connectivity index (χ0) is 22.8. The van der Waals surface area contributed by atoms with Crippen molar-refractivity contribution < 1.29 is 29.2 Å². The van der Waals surface area contributed by atoms with Gasteiger partial charge in [-0.1, -0.05) is 13.8 Å². The highest BCUT2D eigenvalue weighted by Crippen LogP contribution is 2.80. The van der Waals surface area contributed by atoms with Gasteiger partial charge in [0.25, 0.3) is 0 Å². The van der Waals surface area contributed by atoms with Gasteiger partial charge in [-0.3, -0.25) is 4.90 Å².